The van der Waals surface area contributed by atoms with Crippen molar-refractivity contribution in [3.8, 4) is 0 Å². The van der Waals surface area contributed by atoms with Crippen LogP contribution >= 0.6 is 0 Å². The van der Waals surface area contributed by atoms with E-state index in [4.69, 9.17) is 23.5 Å². The van der Waals surface area contributed by atoms with Gasteiger partial charge in [-0.1, -0.05) is 0 Å². The summed E-state index contributed by atoms with van der Waals surface area (Å²) >= 11 is 0. The maximum atomic E-state index is 9.57. The van der Waals surface area contributed by atoms with E-state index in [1.54, 1.807) is 0 Å². The van der Waals surface area contributed by atoms with E-state index in [0.29, 0.717) is 0 Å². The van der Waals surface area contributed by atoms with Gasteiger partial charge in [0, 0.05) is 0 Å². The van der Waals surface area contributed by atoms with E-state index in [-0.39, 0.29) is 0 Å². The van der Waals surface area contributed by atoms with Crippen LogP contribution in [0.25, 0.3) is 0 Å². The van der Waals surface area contributed by atoms with Gasteiger partial charge in [-0.15, -0.1) is 12.6 Å². The zero-order chi connectivity index (χ0) is 8.73. The molecule has 0 fully saturated rings. The molecule has 0 heterocycles. The van der Waals surface area contributed by atoms with Crippen LogP contribution in [0.5, 0.6) is 0 Å². The first-order valence-electron chi connectivity index (χ1n) is 2.13. The second-order valence-electron chi connectivity index (χ2n) is 1.33. The molecule has 0 aliphatic heterocycles. The summed E-state index contributed by atoms with van der Waals surface area (Å²) < 4.78 is 25.3. The molecule has 0 amide bonds. The van der Waals surface area contributed by atoms with Crippen molar-refractivity contribution < 1.29 is 22.5 Å². The fourth-order valence-electron chi connectivity index (χ4n) is 0. The minimum atomic E-state index is -3.11. The van der Waals surface area contributed by atoms with Crippen LogP contribution in [0.1, 0.15) is 6.92 Å². The van der Waals surface area contributed by atoms with Crippen LogP contribution in [0, 0.1) is 0 Å². The van der Waals surface area contributed by atoms with Crippen molar-refractivity contribution in [1.82, 2.24) is 0 Å². The largest absolute Gasteiger partial charge is 0.480 e. The average Bonchev–Trinajstić information content (AvgIpc) is 1.63. The summed E-state index contributed by atoms with van der Waals surface area (Å²) in [4.78, 5) is 9.57. The third kappa shape index (κ3) is 27.7. The lowest BCUT2D eigenvalue weighted by molar-refractivity contribution is -0.138. The monoisotopic (exact) mass is 169 g/mol. The SMILES string of the molecule is C[C@H](N)C(=O)O.O=S(=O)=O. The van der Waals surface area contributed by atoms with Gasteiger partial charge in [0.1, 0.15) is 6.04 Å². The Morgan fingerprint density at radius 3 is 1.60 bits per heavy atom. The van der Waals surface area contributed by atoms with Crippen molar-refractivity contribution in [3.05, 3.63) is 0 Å². The predicted octanol–water partition coefficient (Wildman–Crippen LogP) is -1.59. The minimum Gasteiger partial charge on any atom is -0.480 e. The van der Waals surface area contributed by atoms with Gasteiger partial charge in [0.05, 0.1) is 0 Å². The summed E-state index contributed by atoms with van der Waals surface area (Å²) in [6.45, 7) is 1.42. The molecule has 0 radical (unpaired) electrons. The van der Waals surface area contributed by atoms with Crippen molar-refractivity contribution in [3.63, 3.8) is 0 Å². The molecule has 0 spiro atoms. The molecular weight excluding hydrogens is 162 g/mol. The van der Waals surface area contributed by atoms with Crippen molar-refractivity contribution in [2.75, 3.05) is 0 Å². The molecule has 0 aliphatic carbocycles. The van der Waals surface area contributed by atoms with Crippen LogP contribution in [0.3, 0.4) is 0 Å². The molecule has 0 bridgehead atoms. The molecule has 0 saturated carbocycles. The Kier molecular flexibility index (Phi) is 7.29. The van der Waals surface area contributed by atoms with Crippen molar-refractivity contribution in [2.45, 2.75) is 13.0 Å². The number of hydrogen-bond acceptors (Lipinski definition) is 5. The average molecular weight is 169 g/mol. The fraction of sp³-hybridized carbons (Fsp3) is 0.667. The van der Waals surface area contributed by atoms with Crippen LogP contribution in [0.2, 0.25) is 0 Å². The normalized spacial score (nSPS) is 10.6. The highest BCUT2D eigenvalue weighted by Gasteiger charge is 1.99. The molecule has 6 nitrogen and oxygen atoms in total. The highest BCUT2D eigenvalue weighted by Crippen LogP contribution is 1.68. The number of carboxylic acids is 1. The molecule has 0 aromatic heterocycles. The third-order valence-corrected chi connectivity index (χ3v) is 0.390. The van der Waals surface area contributed by atoms with Gasteiger partial charge < -0.3 is 10.8 Å². The van der Waals surface area contributed by atoms with Crippen LogP contribution in [-0.4, -0.2) is 29.7 Å². The highest BCUT2D eigenvalue weighted by atomic mass is 32.2. The Labute approximate surface area is 58.7 Å². The first-order valence-corrected chi connectivity index (χ1v) is 3.13. The van der Waals surface area contributed by atoms with E-state index in [0.717, 1.165) is 0 Å². The van der Waals surface area contributed by atoms with E-state index >= 15 is 0 Å². The van der Waals surface area contributed by atoms with E-state index in [1.807, 2.05) is 0 Å². The Hall–Kier alpha value is -0.950. The summed E-state index contributed by atoms with van der Waals surface area (Å²) in [6, 6.07) is -0.731. The molecule has 0 unspecified atom stereocenters. The van der Waals surface area contributed by atoms with Gasteiger partial charge >= 0.3 is 16.6 Å². The maximum Gasteiger partial charge on any atom is 0.425 e. The summed E-state index contributed by atoms with van der Waals surface area (Å²) in [5.74, 6) is -0.963. The van der Waals surface area contributed by atoms with Gasteiger partial charge in [0.2, 0.25) is 0 Å². The molecule has 0 aliphatic rings. The van der Waals surface area contributed by atoms with Crippen molar-refractivity contribution in [2.24, 2.45) is 5.73 Å². The van der Waals surface area contributed by atoms with Gasteiger partial charge in [-0.25, -0.2) is 0 Å². The Morgan fingerprint density at radius 2 is 1.60 bits per heavy atom. The standard InChI is InChI=1S/C3H7NO2.O3S/c1-2(4)3(5)6;1-4(2)3/h2H,4H2,1H3,(H,5,6);/t2-;/m0./s1. The van der Waals surface area contributed by atoms with Crippen molar-refractivity contribution in [1.29, 1.82) is 0 Å². The number of carbonyl (C=O) groups is 1. The minimum absolute atomic E-state index is 0.731. The predicted molar refractivity (Wildman–Crippen MR) is 31.0 cm³/mol. The van der Waals surface area contributed by atoms with E-state index in [2.05, 4.69) is 0 Å². The van der Waals surface area contributed by atoms with Gasteiger partial charge in [0.25, 0.3) is 0 Å². The number of carboxylic acid groups (broad SMARTS) is 1. The zero-order valence-corrected chi connectivity index (χ0v) is 5.96. The lowest BCUT2D eigenvalue weighted by Crippen LogP contribution is -2.25. The number of aliphatic carboxylic acids is 1. The van der Waals surface area contributed by atoms with E-state index in [9.17, 15) is 4.79 Å². The molecule has 10 heavy (non-hydrogen) atoms. The van der Waals surface area contributed by atoms with Crippen LogP contribution in [0.4, 0.5) is 0 Å². The van der Waals surface area contributed by atoms with Gasteiger partial charge in [-0.3, -0.25) is 4.79 Å². The Bertz CT molecular complexity index is 183. The second-order valence-corrected chi connectivity index (χ2v) is 1.74. The smallest absolute Gasteiger partial charge is 0.425 e. The van der Waals surface area contributed by atoms with E-state index in [1.165, 1.54) is 6.92 Å². The lowest BCUT2D eigenvalue weighted by Gasteiger charge is -1.90. The van der Waals surface area contributed by atoms with Crippen LogP contribution in [-0.2, 0) is 15.4 Å². The summed E-state index contributed by atoms with van der Waals surface area (Å²) in [7, 11) is -3.11. The molecule has 60 valence electrons. The lowest BCUT2D eigenvalue weighted by atomic mass is 10.4. The molecule has 0 saturated heterocycles. The first kappa shape index (κ1) is 11.8. The molecular formula is C3H7NO5S. The Balaban J connectivity index is 0. The summed E-state index contributed by atoms with van der Waals surface area (Å²) in [6.07, 6.45) is 0. The number of nitrogens with two attached hydrogens (primary N) is 1. The molecule has 3 N–H and O–H groups in total. The van der Waals surface area contributed by atoms with Gasteiger partial charge in [-0.2, -0.15) is 0 Å². The molecule has 1 atom stereocenters. The van der Waals surface area contributed by atoms with Crippen LogP contribution < -0.4 is 5.73 Å². The molecule has 0 aromatic rings. The quantitative estimate of drug-likeness (QED) is 0.489. The molecule has 7 heteroatoms. The summed E-state index contributed by atoms with van der Waals surface area (Å²) in [5.41, 5.74) is 4.84. The highest BCUT2D eigenvalue weighted by molar-refractivity contribution is 7.59. The zero-order valence-electron chi connectivity index (χ0n) is 5.14. The Morgan fingerprint density at radius 1 is 1.50 bits per heavy atom. The molecule has 0 rings (SSSR count). The third-order valence-electron chi connectivity index (χ3n) is 0.390. The summed E-state index contributed by atoms with van der Waals surface area (Å²) in [5, 5.41) is 7.87. The van der Waals surface area contributed by atoms with E-state index < -0.39 is 22.6 Å². The number of rotatable bonds is 1. The van der Waals surface area contributed by atoms with Gasteiger partial charge in [-0.05, 0) is 6.92 Å². The topological polar surface area (TPSA) is 115 Å². The van der Waals surface area contributed by atoms with Crippen molar-refractivity contribution >= 4 is 16.6 Å². The fourth-order valence-corrected chi connectivity index (χ4v) is 0. The first-order chi connectivity index (χ1) is 4.37. The second kappa shape index (κ2) is 6.17. The van der Waals surface area contributed by atoms with Crippen LogP contribution in [0.15, 0.2) is 0 Å². The maximum absolute atomic E-state index is 9.57. The molecule has 0 aromatic carbocycles. The van der Waals surface area contributed by atoms with Gasteiger partial charge in [0.15, 0.2) is 0 Å². The number of hydrogen-bond donors (Lipinski definition) is 2.